The van der Waals surface area contributed by atoms with Crippen molar-refractivity contribution in [3.05, 3.63) is 17.5 Å². The molecule has 2 aliphatic heterocycles. The number of amides is 1. The van der Waals surface area contributed by atoms with E-state index in [-0.39, 0.29) is 29.7 Å². The van der Waals surface area contributed by atoms with Crippen LogP contribution in [0.1, 0.15) is 80.5 Å². The molecule has 174 valence electrons. The minimum atomic E-state index is -3.30. The molecule has 3 fully saturated rings. The van der Waals surface area contributed by atoms with Gasteiger partial charge >= 0.3 is 0 Å². The minimum Gasteiger partial charge on any atom is -0.360 e. The normalized spacial score (nSPS) is 26.8. The Labute approximate surface area is 185 Å². The number of aromatic nitrogens is 1. The number of piperidine rings is 2. The molecule has 1 amide bonds. The molecule has 1 aromatic heterocycles. The summed E-state index contributed by atoms with van der Waals surface area (Å²) in [5.74, 6) is 1.48. The van der Waals surface area contributed by atoms with Crippen molar-refractivity contribution in [1.82, 2.24) is 19.7 Å². The molecule has 3 aliphatic rings. The molecule has 0 radical (unpaired) electrons. The van der Waals surface area contributed by atoms with Gasteiger partial charge in [-0.1, -0.05) is 18.5 Å². The molecule has 9 heteroatoms. The molecule has 4 rings (SSSR count). The van der Waals surface area contributed by atoms with Crippen LogP contribution in [0.15, 0.2) is 10.6 Å². The number of carbonyl (C=O) groups excluding carboxylic acids is 1. The van der Waals surface area contributed by atoms with E-state index in [9.17, 15) is 13.2 Å². The lowest BCUT2D eigenvalue weighted by molar-refractivity contribution is 0.0900. The van der Waals surface area contributed by atoms with Crippen molar-refractivity contribution in [1.29, 1.82) is 0 Å². The van der Waals surface area contributed by atoms with E-state index in [1.807, 2.05) is 0 Å². The van der Waals surface area contributed by atoms with Gasteiger partial charge in [0.05, 0.1) is 5.75 Å². The smallest absolute Gasteiger partial charge is 0.273 e. The summed E-state index contributed by atoms with van der Waals surface area (Å²) in [6.45, 7) is 4.49. The second-order valence-corrected chi connectivity index (χ2v) is 11.6. The zero-order valence-corrected chi connectivity index (χ0v) is 19.6. The highest BCUT2D eigenvalue weighted by Gasteiger charge is 2.38. The van der Waals surface area contributed by atoms with Crippen LogP contribution >= 0.6 is 0 Å². The average molecular weight is 453 g/mol. The largest absolute Gasteiger partial charge is 0.360 e. The monoisotopic (exact) mass is 452 g/mol. The Balaban J connectivity index is 1.35. The summed E-state index contributed by atoms with van der Waals surface area (Å²) >= 11 is 0. The molecule has 1 saturated carbocycles. The predicted octanol–water partition coefficient (Wildman–Crippen LogP) is 2.59. The summed E-state index contributed by atoms with van der Waals surface area (Å²) in [6, 6.07) is 1.65. The fourth-order valence-electron chi connectivity index (χ4n) is 4.96. The van der Waals surface area contributed by atoms with E-state index in [0.29, 0.717) is 31.0 Å². The molecule has 31 heavy (non-hydrogen) atoms. The number of carbonyl (C=O) groups is 1. The SMILES string of the molecule is CCC[C@H]1C[C@@H](NC(=O)c2cc(C3CC3)on2)CCN1S(=O)(=O)CC1CCN(C)CC1. The quantitative estimate of drug-likeness (QED) is 0.651. The molecule has 3 heterocycles. The number of hydrogen-bond donors (Lipinski definition) is 1. The van der Waals surface area contributed by atoms with Crippen molar-refractivity contribution >= 4 is 15.9 Å². The van der Waals surface area contributed by atoms with E-state index in [1.54, 1.807) is 10.4 Å². The molecule has 8 nitrogen and oxygen atoms in total. The van der Waals surface area contributed by atoms with Crippen molar-refractivity contribution in [3.8, 4) is 0 Å². The van der Waals surface area contributed by atoms with Crippen molar-refractivity contribution in [2.24, 2.45) is 5.92 Å². The second-order valence-electron chi connectivity index (χ2n) is 9.66. The maximum atomic E-state index is 13.2. The second kappa shape index (κ2) is 9.58. The van der Waals surface area contributed by atoms with E-state index >= 15 is 0 Å². The Hall–Kier alpha value is -1.45. The van der Waals surface area contributed by atoms with Crippen LogP contribution < -0.4 is 5.32 Å². The molecule has 2 saturated heterocycles. The number of rotatable bonds is 8. The third-order valence-electron chi connectivity index (χ3n) is 7.00. The van der Waals surface area contributed by atoms with Crippen molar-refractivity contribution in [3.63, 3.8) is 0 Å². The number of likely N-dealkylation sites (tertiary alicyclic amines) is 1. The summed E-state index contributed by atoms with van der Waals surface area (Å²) in [4.78, 5) is 14.9. The van der Waals surface area contributed by atoms with Crippen LogP contribution in [0.4, 0.5) is 0 Å². The van der Waals surface area contributed by atoms with Gasteiger partial charge < -0.3 is 14.7 Å². The molecule has 0 bridgehead atoms. The number of nitrogens with one attached hydrogen (secondary N) is 1. The maximum Gasteiger partial charge on any atom is 0.273 e. The van der Waals surface area contributed by atoms with E-state index in [0.717, 1.165) is 57.4 Å². The van der Waals surface area contributed by atoms with Crippen molar-refractivity contribution < 1.29 is 17.7 Å². The summed E-state index contributed by atoms with van der Waals surface area (Å²) < 4.78 is 33.5. The van der Waals surface area contributed by atoms with E-state index in [1.165, 1.54) is 0 Å². The molecule has 2 atom stereocenters. The van der Waals surface area contributed by atoms with Crippen LogP contribution in [-0.2, 0) is 10.0 Å². The molecule has 1 aromatic rings. The Morgan fingerprint density at radius 3 is 2.61 bits per heavy atom. The molecule has 1 N–H and O–H groups in total. The summed E-state index contributed by atoms with van der Waals surface area (Å²) in [5.41, 5.74) is 0.325. The Morgan fingerprint density at radius 1 is 1.19 bits per heavy atom. The molecular weight excluding hydrogens is 416 g/mol. The minimum absolute atomic E-state index is 0.0418. The molecule has 1 aliphatic carbocycles. The van der Waals surface area contributed by atoms with Gasteiger partial charge in [0.1, 0.15) is 5.76 Å². The lowest BCUT2D eigenvalue weighted by atomic mass is 9.96. The highest BCUT2D eigenvalue weighted by Crippen LogP contribution is 2.40. The maximum absolute atomic E-state index is 13.2. The van der Waals surface area contributed by atoms with Gasteiger partial charge in [-0.05, 0) is 71.0 Å². The topological polar surface area (TPSA) is 95.7 Å². The van der Waals surface area contributed by atoms with Crippen LogP contribution in [0.2, 0.25) is 0 Å². The van der Waals surface area contributed by atoms with E-state index in [4.69, 9.17) is 4.52 Å². The van der Waals surface area contributed by atoms with E-state index < -0.39 is 10.0 Å². The lowest BCUT2D eigenvalue weighted by Gasteiger charge is -2.40. The molecule has 0 spiro atoms. The van der Waals surface area contributed by atoms with Gasteiger partial charge in [-0.2, -0.15) is 4.31 Å². The highest BCUT2D eigenvalue weighted by atomic mass is 32.2. The Kier molecular flexibility index (Phi) is 7.03. The van der Waals surface area contributed by atoms with Gasteiger partial charge in [0, 0.05) is 30.6 Å². The fourth-order valence-corrected chi connectivity index (χ4v) is 7.11. The van der Waals surface area contributed by atoms with Gasteiger partial charge in [-0.25, -0.2) is 8.42 Å². The van der Waals surface area contributed by atoms with E-state index in [2.05, 4.69) is 29.3 Å². The van der Waals surface area contributed by atoms with Crippen LogP contribution in [0.5, 0.6) is 0 Å². The highest BCUT2D eigenvalue weighted by molar-refractivity contribution is 7.89. The van der Waals surface area contributed by atoms with Gasteiger partial charge in [-0.15, -0.1) is 0 Å². The molecule has 0 unspecified atom stereocenters. The number of nitrogens with zero attached hydrogens (tertiary/aromatic N) is 3. The average Bonchev–Trinajstić information content (AvgIpc) is 3.46. The zero-order chi connectivity index (χ0) is 22.0. The lowest BCUT2D eigenvalue weighted by Crippen LogP contribution is -2.53. The van der Waals surface area contributed by atoms with Crippen LogP contribution in [0.3, 0.4) is 0 Å². The van der Waals surface area contributed by atoms with Gasteiger partial charge in [-0.3, -0.25) is 4.79 Å². The van der Waals surface area contributed by atoms with Gasteiger partial charge in [0.2, 0.25) is 10.0 Å². The van der Waals surface area contributed by atoms with Crippen LogP contribution in [0, 0.1) is 5.92 Å². The third-order valence-corrected chi connectivity index (χ3v) is 9.09. The van der Waals surface area contributed by atoms with Gasteiger partial charge in [0.15, 0.2) is 5.69 Å². The number of sulfonamides is 1. The Bertz CT molecular complexity index is 859. The van der Waals surface area contributed by atoms with Gasteiger partial charge in [0.25, 0.3) is 5.91 Å². The first kappa shape index (κ1) is 22.7. The third kappa shape index (κ3) is 5.68. The number of hydrogen-bond acceptors (Lipinski definition) is 6. The molecular formula is C22H36N4O4S. The van der Waals surface area contributed by atoms with Crippen molar-refractivity contribution in [2.75, 3.05) is 32.4 Å². The summed E-state index contributed by atoms with van der Waals surface area (Å²) in [6.07, 6.45) is 7.10. The molecule has 0 aromatic carbocycles. The fraction of sp³-hybridized carbons (Fsp3) is 0.818. The first-order valence-corrected chi connectivity index (χ1v) is 13.4. The van der Waals surface area contributed by atoms with Crippen molar-refractivity contribution in [2.45, 2.75) is 76.3 Å². The standard InChI is InChI=1S/C22H36N4O4S/c1-3-4-19-13-18(23-22(27)20-14-21(30-24-20)17-5-6-17)9-12-26(19)31(28,29)15-16-7-10-25(2)11-8-16/h14,16-19H,3-13,15H2,1-2H3,(H,23,27)/t18-,19-/m0/s1. The summed E-state index contributed by atoms with van der Waals surface area (Å²) in [5, 5.41) is 6.99. The Morgan fingerprint density at radius 2 is 1.94 bits per heavy atom. The first-order valence-electron chi connectivity index (χ1n) is 11.8. The predicted molar refractivity (Wildman–Crippen MR) is 118 cm³/mol. The van der Waals surface area contributed by atoms with Crippen LogP contribution in [0.25, 0.3) is 0 Å². The first-order chi connectivity index (χ1) is 14.9. The zero-order valence-electron chi connectivity index (χ0n) is 18.8. The van der Waals surface area contributed by atoms with Crippen LogP contribution in [-0.4, -0.2) is 73.2 Å². The summed E-state index contributed by atoms with van der Waals surface area (Å²) in [7, 11) is -1.21.